The molecule has 1 fully saturated rings. The van der Waals surface area contributed by atoms with Crippen molar-refractivity contribution >= 4 is 5.82 Å². The maximum atomic E-state index is 10.1. The second kappa shape index (κ2) is 10.0. The van der Waals surface area contributed by atoms with E-state index >= 15 is 0 Å². The highest BCUT2D eigenvalue weighted by atomic mass is 16.5. The van der Waals surface area contributed by atoms with Crippen LogP contribution in [0.4, 0.5) is 5.82 Å². The van der Waals surface area contributed by atoms with E-state index in [-0.39, 0.29) is 23.7 Å². The van der Waals surface area contributed by atoms with Gasteiger partial charge < -0.3 is 26.0 Å². The maximum Gasteiger partial charge on any atom is 0.129 e. The number of pyridine rings is 1. The minimum atomic E-state index is -0.141. The van der Waals surface area contributed by atoms with E-state index in [1.807, 2.05) is 30.3 Å². The average Bonchev–Trinajstić information content (AvgIpc) is 2.82. The molecule has 6 nitrogen and oxygen atoms in total. The molecule has 0 aliphatic carbocycles. The third kappa shape index (κ3) is 5.34. The van der Waals surface area contributed by atoms with Crippen molar-refractivity contribution in [2.75, 3.05) is 25.4 Å². The Bertz CT molecular complexity index is 1130. The van der Waals surface area contributed by atoms with Crippen molar-refractivity contribution in [2.45, 2.75) is 46.1 Å². The molecule has 1 atom stereocenters. The van der Waals surface area contributed by atoms with Crippen molar-refractivity contribution in [2.24, 2.45) is 5.41 Å². The van der Waals surface area contributed by atoms with Gasteiger partial charge in [-0.15, -0.1) is 0 Å². The Labute approximate surface area is 201 Å². The van der Waals surface area contributed by atoms with E-state index in [9.17, 15) is 10.2 Å². The van der Waals surface area contributed by atoms with Gasteiger partial charge in [0.2, 0.25) is 0 Å². The van der Waals surface area contributed by atoms with Gasteiger partial charge in [-0.05, 0) is 71.7 Å². The lowest BCUT2D eigenvalue weighted by Gasteiger charge is -2.27. The van der Waals surface area contributed by atoms with E-state index in [0.717, 1.165) is 59.6 Å². The number of aliphatic hydroxyl groups excluding tert-OH is 1. The van der Waals surface area contributed by atoms with Gasteiger partial charge in [-0.2, -0.15) is 0 Å². The van der Waals surface area contributed by atoms with Gasteiger partial charge in [0.15, 0.2) is 0 Å². The lowest BCUT2D eigenvalue weighted by atomic mass is 9.87. The molecule has 0 bridgehead atoms. The Morgan fingerprint density at radius 1 is 1.15 bits per heavy atom. The number of nitrogens with two attached hydrogens (primary N) is 1. The molecule has 180 valence electrons. The van der Waals surface area contributed by atoms with Gasteiger partial charge >= 0.3 is 0 Å². The smallest absolute Gasteiger partial charge is 0.129 e. The van der Waals surface area contributed by atoms with E-state index in [1.165, 1.54) is 0 Å². The molecular weight excluding hydrogens is 426 g/mol. The highest BCUT2D eigenvalue weighted by Gasteiger charge is 2.24. The van der Waals surface area contributed by atoms with Crippen molar-refractivity contribution in [3.05, 3.63) is 59.7 Å². The van der Waals surface area contributed by atoms with Crippen molar-refractivity contribution in [1.29, 1.82) is 0 Å². The third-order valence-corrected chi connectivity index (χ3v) is 6.21. The minimum absolute atomic E-state index is 0.0159. The number of ether oxygens (including phenoxy) is 1. The van der Waals surface area contributed by atoms with Gasteiger partial charge in [0.05, 0.1) is 24.5 Å². The number of nitrogens with one attached hydrogen (secondary N) is 1. The SMILES string of the molecule is CC(C)(C)COc1cccc(-c2ccc(O)cc2)c1-c1cc(C2CCCNC2)c(CO)c(N)n1. The Morgan fingerprint density at radius 3 is 2.56 bits per heavy atom. The van der Waals surface area contributed by atoms with E-state index < -0.39 is 0 Å². The normalized spacial score (nSPS) is 16.4. The Hall–Kier alpha value is -3.09. The fourth-order valence-corrected chi connectivity index (χ4v) is 4.49. The summed E-state index contributed by atoms with van der Waals surface area (Å²) in [6.07, 6.45) is 2.12. The Kier molecular flexibility index (Phi) is 7.10. The summed E-state index contributed by atoms with van der Waals surface area (Å²) in [6, 6.07) is 15.2. The van der Waals surface area contributed by atoms with E-state index in [4.69, 9.17) is 15.5 Å². The molecule has 6 heteroatoms. The number of benzene rings is 2. The van der Waals surface area contributed by atoms with Crippen LogP contribution in [0.1, 0.15) is 50.7 Å². The molecular formula is C28H35N3O3. The molecule has 1 unspecified atom stereocenters. The molecule has 0 spiro atoms. The van der Waals surface area contributed by atoms with Crippen molar-refractivity contribution in [3.63, 3.8) is 0 Å². The molecule has 34 heavy (non-hydrogen) atoms. The minimum Gasteiger partial charge on any atom is -0.508 e. The van der Waals surface area contributed by atoms with Crippen LogP contribution in [0.2, 0.25) is 0 Å². The van der Waals surface area contributed by atoms with Crippen LogP contribution in [0, 0.1) is 5.41 Å². The molecule has 1 saturated heterocycles. The molecule has 1 aromatic heterocycles. The summed E-state index contributed by atoms with van der Waals surface area (Å²) < 4.78 is 6.33. The monoisotopic (exact) mass is 461 g/mol. The molecule has 4 rings (SSSR count). The molecule has 0 radical (unpaired) electrons. The first kappa shape index (κ1) is 24.0. The van der Waals surface area contributed by atoms with Crippen LogP contribution < -0.4 is 15.8 Å². The third-order valence-electron chi connectivity index (χ3n) is 6.21. The summed E-state index contributed by atoms with van der Waals surface area (Å²) >= 11 is 0. The highest BCUT2D eigenvalue weighted by molar-refractivity contribution is 5.87. The lowest BCUT2D eigenvalue weighted by Crippen LogP contribution is -2.29. The number of hydrogen-bond acceptors (Lipinski definition) is 6. The number of phenols is 1. The lowest BCUT2D eigenvalue weighted by molar-refractivity contribution is 0.198. The van der Waals surface area contributed by atoms with Crippen molar-refractivity contribution in [3.8, 4) is 33.9 Å². The summed E-state index contributed by atoms with van der Waals surface area (Å²) in [4.78, 5) is 4.75. The fourth-order valence-electron chi connectivity index (χ4n) is 4.49. The number of aromatic hydroxyl groups is 1. The summed E-state index contributed by atoms with van der Waals surface area (Å²) in [7, 11) is 0. The van der Waals surface area contributed by atoms with Crippen LogP contribution in [0.25, 0.3) is 22.4 Å². The number of nitrogen functional groups attached to an aromatic ring is 1. The van der Waals surface area contributed by atoms with Gasteiger partial charge in [0, 0.05) is 12.1 Å². The number of aromatic nitrogens is 1. The number of phenolic OH excluding ortho intramolecular Hbond substituents is 1. The number of aliphatic hydroxyl groups is 1. The predicted molar refractivity (Wildman–Crippen MR) is 137 cm³/mol. The quantitative estimate of drug-likeness (QED) is 0.408. The fraction of sp³-hybridized carbons (Fsp3) is 0.393. The second-order valence-corrected chi connectivity index (χ2v) is 10.2. The van der Waals surface area contributed by atoms with Crippen molar-refractivity contribution < 1.29 is 14.9 Å². The van der Waals surface area contributed by atoms with Crippen LogP contribution in [0.15, 0.2) is 48.5 Å². The number of piperidine rings is 1. The molecule has 0 amide bonds. The first-order valence-corrected chi connectivity index (χ1v) is 11.9. The van der Waals surface area contributed by atoms with Gasteiger partial charge in [-0.3, -0.25) is 0 Å². The van der Waals surface area contributed by atoms with Crippen LogP contribution in [-0.4, -0.2) is 34.9 Å². The Balaban J connectivity index is 1.90. The standard InChI is InChI=1S/C28H35N3O3/c1-28(2,3)17-34-25-8-4-7-21(18-9-11-20(33)12-10-18)26(25)24-14-22(19-6-5-13-30-15-19)23(16-32)27(29)31-24/h4,7-12,14,19,30,32-33H,5-6,13,15-17H2,1-3H3,(H2,29,31). The molecule has 2 heterocycles. The molecule has 1 aliphatic heterocycles. The van der Waals surface area contributed by atoms with Gasteiger partial charge in [-0.1, -0.05) is 45.0 Å². The molecule has 5 N–H and O–H groups in total. The topological polar surface area (TPSA) is 101 Å². The molecule has 3 aromatic rings. The molecule has 0 saturated carbocycles. The highest BCUT2D eigenvalue weighted by Crippen LogP contribution is 2.42. The summed E-state index contributed by atoms with van der Waals surface area (Å²) in [5.74, 6) is 1.56. The maximum absolute atomic E-state index is 10.1. The van der Waals surface area contributed by atoms with E-state index in [2.05, 4.69) is 32.2 Å². The predicted octanol–water partition coefficient (Wildman–Crippen LogP) is 5.09. The zero-order chi connectivity index (χ0) is 24.3. The molecule has 1 aliphatic rings. The Morgan fingerprint density at radius 2 is 1.91 bits per heavy atom. The van der Waals surface area contributed by atoms with Gasteiger partial charge in [0.25, 0.3) is 0 Å². The zero-order valence-electron chi connectivity index (χ0n) is 20.3. The van der Waals surface area contributed by atoms with Crippen LogP contribution in [0.3, 0.4) is 0 Å². The largest absolute Gasteiger partial charge is 0.508 e. The summed E-state index contributed by atoms with van der Waals surface area (Å²) in [5, 5.41) is 23.4. The summed E-state index contributed by atoms with van der Waals surface area (Å²) in [5.41, 5.74) is 11.6. The average molecular weight is 462 g/mol. The van der Waals surface area contributed by atoms with E-state index in [0.29, 0.717) is 18.0 Å². The van der Waals surface area contributed by atoms with E-state index in [1.54, 1.807) is 12.1 Å². The number of rotatable bonds is 6. The summed E-state index contributed by atoms with van der Waals surface area (Å²) in [6.45, 7) is 8.67. The van der Waals surface area contributed by atoms with Crippen LogP contribution in [0.5, 0.6) is 11.5 Å². The van der Waals surface area contributed by atoms with Crippen molar-refractivity contribution in [1.82, 2.24) is 10.3 Å². The first-order valence-electron chi connectivity index (χ1n) is 11.9. The van der Waals surface area contributed by atoms with Crippen LogP contribution in [-0.2, 0) is 6.61 Å². The zero-order valence-corrected chi connectivity index (χ0v) is 20.3. The molecule has 2 aromatic carbocycles. The first-order chi connectivity index (χ1) is 16.3. The number of nitrogens with zero attached hydrogens (tertiary/aromatic N) is 1. The second-order valence-electron chi connectivity index (χ2n) is 10.2. The van der Waals surface area contributed by atoms with Gasteiger partial charge in [-0.25, -0.2) is 4.98 Å². The number of hydrogen-bond donors (Lipinski definition) is 4. The van der Waals surface area contributed by atoms with Gasteiger partial charge in [0.1, 0.15) is 17.3 Å². The van der Waals surface area contributed by atoms with Crippen LogP contribution >= 0.6 is 0 Å². The number of anilines is 1.